The first-order valence-corrected chi connectivity index (χ1v) is 9.54. The van der Waals surface area contributed by atoms with Crippen molar-refractivity contribution < 1.29 is 4.79 Å². The fourth-order valence-electron chi connectivity index (χ4n) is 2.34. The molecule has 3 aromatic heterocycles. The Morgan fingerprint density at radius 1 is 1.11 bits per heavy atom. The summed E-state index contributed by atoms with van der Waals surface area (Å²) in [7, 11) is 0. The van der Waals surface area contributed by atoms with Crippen LogP contribution in [0.4, 0.5) is 16.2 Å². The molecule has 11 heteroatoms. The summed E-state index contributed by atoms with van der Waals surface area (Å²) in [4.78, 5) is 32.8. The Balaban J connectivity index is 1.94. The molecule has 0 radical (unpaired) electrons. The van der Waals surface area contributed by atoms with E-state index in [1.807, 2.05) is 0 Å². The summed E-state index contributed by atoms with van der Waals surface area (Å²) in [5.74, 6) is 0. The molecule has 0 aliphatic rings. The van der Waals surface area contributed by atoms with Gasteiger partial charge in [0.25, 0.3) is 5.56 Å². The predicted molar refractivity (Wildman–Crippen MR) is 112 cm³/mol. The van der Waals surface area contributed by atoms with Gasteiger partial charge in [0, 0.05) is 41.4 Å². The van der Waals surface area contributed by atoms with Crippen molar-refractivity contribution in [1.82, 2.24) is 19.7 Å². The third-order valence-electron chi connectivity index (χ3n) is 3.61. The third-order valence-corrected chi connectivity index (χ3v) is 4.62. The third kappa shape index (κ3) is 4.49. The van der Waals surface area contributed by atoms with Gasteiger partial charge in [0.1, 0.15) is 5.69 Å². The van der Waals surface area contributed by atoms with Gasteiger partial charge in [-0.1, -0.05) is 23.2 Å². The largest absolute Gasteiger partial charge is 0.323 e. The fraction of sp³-hybridized carbons (Fsp3) is 0.118. The lowest BCUT2D eigenvalue weighted by molar-refractivity contribution is 0.262. The molecule has 0 aliphatic carbocycles. The minimum absolute atomic E-state index is 0.0469. The first kappa shape index (κ1) is 20.2. The molecular formula is C17H13BrCl2N6O2. The van der Waals surface area contributed by atoms with Crippen LogP contribution >= 0.6 is 39.1 Å². The van der Waals surface area contributed by atoms with E-state index in [1.54, 1.807) is 25.4 Å². The van der Waals surface area contributed by atoms with Crippen LogP contribution in [-0.2, 0) is 6.54 Å². The maximum Gasteiger partial charge on any atom is 0.323 e. The molecule has 8 nitrogen and oxygen atoms in total. The maximum absolute atomic E-state index is 12.5. The Labute approximate surface area is 178 Å². The topological polar surface area (TPSA) is 102 Å². The van der Waals surface area contributed by atoms with Gasteiger partial charge in [-0.15, -0.1) is 0 Å². The Bertz CT molecular complexity index is 1080. The van der Waals surface area contributed by atoms with E-state index in [9.17, 15) is 9.59 Å². The fourth-order valence-corrected chi connectivity index (χ4v) is 3.16. The number of nitrogens with zero attached hydrogens (tertiary/aromatic N) is 4. The van der Waals surface area contributed by atoms with Gasteiger partial charge >= 0.3 is 6.03 Å². The number of nitrogens with one attached hydrogen (secondary N) is 2. The highest BCUT2D eigenvalue weighted by Crippen LogP contribution is 2.28. The Hall–Kier alpha value is -2.49. The highest BCUT2D eigenvalue weighted by atomic mass is 79.9. The van der Waals surface area contributed by atoms with Gasteiger partial charge in [-0.3, -0.25) is 14.8 Å². The molecule has 0 atom stereocenters. The molecule has 0 fully saturated rings. The number of urea groups is 1. The van der Waals surface area contributed by atoms with Gasteiger partial charge in [-0.2, -0.15) is 5.10 Å². The number of carbonyl (C=O) groups is 1. The van der Waals surface area contributed by atoms with Crippen LogP contribution < -0.4 is 16.2 Å². The van der Waals surface area contributed by atoms with Crippen molar-refractivity contribution in [3.63, 3.8) is 0 Å². The summed E-state index contributed by atoms with van der Waals surface area (Å²) < 4.78 is 2.01. The van der Waals surface area contributed by atoms with Gasteiger partial charge in [-0.25, -0.2) is 9.48 Å². The smallest absolute Gasteiger partial charge is 0.305 e. The van der Waals surface area contributed by atoms with E-state index in [-0.39, 0.29) is 21.4 Å². The monoisotopic (exact) mass is 482 g/mol. The molecule has 0 unspecified atom stereocenters. The van der Waals surface area contributed by atoms with Gasteiger partial charge in [0.2, 0.25) is 0 Å². The first-order valence-electron chi connectivity index (χ1n) is 7.99. The molecular weight excluding hydrogens is 471 g/mol. The highest BCUT2D eigenvalue weighted by molar-refractivity contribution is 9.10. The van der Waals surface area contributed by atoms with Crippen LogP contribution in [0, 0.1) is 0 Å². The van der Waals surface area contributed by atoms with Crippen molar-refractivity contribution in [2.45, 2.75) is 13.5 Å². The molecule has 0 spiro atoms. The Kier molecular flexibility index (Phi) is 6.28. The van der Waals surface area contributed by atoms with Gasteiger partial charge in [0.05, 0.1) is 21.4 Å². The number of amides is 2. The lowest BCUT2D eigenvalue weighted by Gasteiger charge is -2.12. The Morgan fingerprint density at radius 3 is 2.43 bits per heavy atom. The molecule has 2 amide bonds. The number of anilines is 2. The molecule has 0 saturated carbocycles. The van der Waals surface area contributed by atoms with Crippen LogP contribution in [0.15, 0.2) is 46.2 Å². The standard InChI is InChI=1S/C17H13BrCl2N6O2/c1-2-26-16(27)14(4-13(25-26)9-3-10(18)6-21-5-9)23-17(28)24-15-11(19)7-22-8-12(15)20/h3-8H,2H2,1H3,(H2,22,23,24,28). The second-order valence-corrected chi connectivity index (χ2v) is 7.24. The summed E-state index contributed by atoms with van der Waals surface area (Å²) in [6, 6.07) is 2.60. The van der Waals surface area contributed by atoms with Gasteiger partial charge in [0.15, 0.2) is 0 Å². The van der Waals surface area contributed by atoms with Crippen molar-refractivity contribution in [3.05, 3.63) is 61.8 Å². The molecule has 0 aromatic carbocycles. The number of aryl methyl sites for hydroxylation is 1. The summed E-state index contributed by atoms with van der Waals surface area (Å²) in [6.45, 7) is 2.10. The number of carbonyl (C=O) groups excluding carboxylic acids is 1. The zero-order valence-corrected chi connectivity index (χ0v) is 17.5. The van der Waals surface area contributed by atoms with Crippen LogP contribution in [0.5, 0.6) is 0 Å². The van der Waals surface area contributed by atoms with Gasteiger partial charge in [-0.05, 0) is 35.0 Å². The van der Waals surface area contributed by atoms with Crippen LogP contribution in [0.1, 0.15) is 6.92 Å². The van der Waals surface area contributed by atoms with E-state index < -0.39 is 11.6 Å². The zero-order chi connectivity index (χ0) is 20.3. The highest BCUT2D eigenvalue weighted by Gasteiger charge is 2.15. The molecule has 3 aromatic rings. The van der Waals surface area contributed by atoms with E-state index in [1.165, 1.54) is 23.1 Å². The summed E-state index contributed by atoms with van der Waals surface area (Å²) in [5, 5.41) is 9.68. The number of pyridine rings is 2. The van der Waals surface area contributed by atoms with Crippen LogP contribution in [-0.4, -0.2) is 25.8 Å². The van der Waals surface area contributed by atoms with E-state index in [0.29, 0.717) is 17.8 Å². The van der Waals surface area contributed by atoms with Crippen molar-refractivity contribution in [2.24, 2.45) is 0 Å². The lowest BCUT2D eigenvalue weighted by Crippen LogP contribution is -2.29. The molecule has 2 N–H and O–H groups in total. The van der Waals surface area contributed by atoms with Crippen LogP contribution in [0.25, 0.3) is 11.3 Å². The van der Waals surface area contributed by atoms with E-state index in [2.05, 4.69) is 41.6 Å². The summed E-state index contributed by atoms with van der Waals surface area (Å²) in [6.07, 6.45) is 5.93. The molecule has 0 aliphatic heterocycles. The second kappa shape index (κ2) is 8.68. The van der Waals surface area contributed by atoms with E-state index in [0.717, 1.165) is 4.47 Å². The quantitative estimate of drug-likeness (QED) is 0.571. The second-order valence-electron chi connectivity index (χ2n) is 5.51. The van der Waals surface area contributed by atoms with Gasteiger partial charge < -0.3 is 10.6 Å². The Morgan fingerprint density at radius 2 is 1.79 bits per heavy atom. The normalized spacial score (nSPS) is 10.6. The minimum Gasteiger partial charge on any atom is -0.305 e. The van der Waals surface area contributed by atoms with E-state index in [4.69, 9.17) is 23.2 Å². The average Bonchev–Trinajstić information content (AvgIpc) is 2.66. The lowest BCUT2D eigenvalue weighted by atomic mass is 10.2. The minimum atomic E-state index is -0.681. The van der Waals surface area contributed by atoms with Crippen molar-refractivity contribution in [3.8, 4) is 11.3 Å². The van der Waals surface area contributed by atoms with E-state index >= 15 is 0 Å². The van der Waals surface area contributed by atoms with Crippen LogP contribution in [0.2, 0.25) is 10.0 Å². The molecule has 144 valence electrons. The number of hydrogen-bond acceptors (Lipinski definition) is 5. The summed E-state index contributed by atoms with van der Waals surface area (Å²) >= 11 is 15.3. The summed E-state index contributed by atoms with van der Waals surface area (Å²) in [5.41, 5.74) is 0.949. The van der Waals surface area contributed by atoms with Crippen molar-refractivity contribution in [1.29, 1.82) is 0 Å². The molecule has 0 bridgehead atoms. The molecule has 0 saturated heterocycles. The van der Waals surface area contributed by atoms with Crippen molar-refractivity contribution >= 4 is 56.5 Å². The van der Waals surface area contributed by atoms with Crippen LogP contribution in [0.3, 0.4) is 0 Å². The molecule has 3 rings (SSSR count). The molecule has 3 heterocycles. The molecule has 28 heavy (non-hydrogen) atoms. The predicted octanol–water partition coefficient (Wildman–Crippen LogP) is 4.43. The number of hydrogen-bond donors (Lipinski definition) is 2. The maximum atomic E-state index is 12.5. The number of halogens is 3. The zero-order valence-electron chi connectivity index (χ0n) is 14.4. The average molecular weight is 484 g/mol. The number of aromatic nitrogens is 4. The number of rotatable bonds is 4. The van der Waals surface area contributed by atoms with Crippen molar-refractivity contribution in [2.75, 3.05) is 10.6 Å². The first-order chi connectivity index (χ1) is 13.4. The SMILES string of the molecule is CCn1nc(-c2cncc(Br)c2)cc(NC(=O)Nc2c(Cl)cncc2Cl)c1=O.